The van der Waals surface area contributed by atoms with Gasteiger partial charge in [-0.15, -0.1) is 0 Å². The summed E-state index contributed by atoms with van der Waals surface area (Å²) in [4.78, 5) is 41.3. The fourth-order valence-electron chi connectivity index (χ4n) is 4.77. The number of nitrogens with zero attached hydrogens (tertiary/aromatic N) is 1. The van der Waals surface area contributed by atoms with E-state index in [0.717, 1.165) is 18.9 Å². The number of benzene rings is 1. The first kappa shape index (κ1) is 25.8. The van der Waals surface area contributed by atoms with Crippen LogP contribution in [0.4, 0.5) is 4.39 Å². The summed E-state index contributed by atoms with van der Waals surface area (Å²) in [7, 11) is 1.32. The van der Waals surface area contributed by atoms with Gasteiger partial charge in [0.2, 0.25) is 11.8 Å². The van der Waals surface area contributed by atoms with Crippen LogP contribution in [0.3, 0.4) is 0 Å². The van der Waals surface area contributed by atoms with E-state index >= 15 is 0 Å². The molecule has 192 valence electrons. The van der Waals surface area contributed by atoms with Crippen LogP contribution >= 0.6 is 11.6 Å². The number of aromatic amines is 1. The molecule has 1 saturated heterocycles. The number of halogens is 2. The van der Waals surface area contributed by atoms with Crippen LogP contribution < -0.4 is 20.7 Å². The van der Waals surface area contributed by atoms with Gasteiger partial charge >= 0.3 is 0 Å². The van der Waals surface area contributed by atoms with Gasteiger partial charge in [-0.3, -0.25) is 14.4 Å². The third-order valence-electron chi connectivity index (χ3n) is 6.69. The lowest BCUT2D eigenvalue weighted by atomic mass is 9.92. The number of rotatable bonds is 9. The van der Waals surface area contributed by atoms with Crippen molar-refractivity contribution in [1.29, 1.82) is 5.26 Å². The minimum absolute atomic E-state index is 0.0482. The van der Waals surface area contributed by atoms with E-state index in [2.05, 4.69) is 27.0 Å². The van der Waals surface area contributed by atoms with E-state index in [0.29, 0.717) is 29.7 Å². The number of nitrogens with one attached hydrogen (secondary N) is 4. The molecule has 2 fully saturated rings. The number of H-pyrrole nitrogens is 1. The van der Waals surface area contributed by atoms with Crippen molar-refractivity contribution in [1.82, 2.24) is 20.9 Å². The third-order valence-corrected chi connectivity index (χ3v) is 6.99. The minimum Gasteiger partial charge on any atom is -0.493 e. The van der Waals surface area contributed by atoms with Crippen molar-refractivity contribution < 1.29 is 23.5 Å². The Balaban J connectivity index is 1.48. The Morgan fingerprint density at radius 2 is 2.03 bits per heavy atom. The molecule has 4 rings (SSSR count). The van der Waals surface area contributed by atoms with Gasteiger partial charge in [0.1, 0.15) is 17.8 Å². The molecule has 3 amide bonds. The lowest BCUT2D eigenvalue weighted by Crippen LogP contribution is -2.50. The molecule has 1 aromatic heterocycles. The fraction of sp³-hybridized carbons (Fsp3) is 0.520. The summed E-state index contributed by atoms with van der Waals surface area (Å²) in [5.41, 5.74) is 0.0687. The third kappa shape index (κ3) is 5.57. The lowest BCUT2D eigenvalue weighted by molar-refractivity contribution is -0.125. The summed E-state index contributed by atoms with van der Waals surface area (Å²) in [6.07, 6.45) is 3.09. The Hall–Kier alpha value is -3.32. The van der Waals surface area contributed by atoms with E-state index in [1.807, 2.05) is 13.8 Å². The molecule has 2 aliphatic rings. The summed E-state index contributed by atoms with van der Waals surface area (Å²) in [5.74, 6) is -1.99. The maximum atomic E-state index is 14.2. The lowest BCUT2D eigenvalue weighted by Gasteiger charge is -2.21. The smallest absolute Gasteiger partial charge is 0.268 e. The summed E-state index contributed by atoms with van der Waals surface area (Å²) < 4.78 is 19.3. The molecule has 9 nitrogen and oxygen atoms in total. The van der Waals surface area contributed by atoms with Crippen LogP contribution in [0.5, 0.6) is 5.75 Å². The quantitative estimate of drug-likeness (QED) is 0.405. The van der Waals surface area contributed by atoms with Gasteiger partial charge in [0, 0.05) is 16.8 Å². The second-order valence-electron chi connectivity index (χ2n) is 10.3. The number of fused-ring (bicyclic) bond motifs is 1. The predicted molar refractivity (Wildman–Crippen MR) is 131 cm³/mol. The van der Waals surface area contributed by atoms with E-state index < -0.39 is 29.7 Å². The molecule has 0 radical (unpaired) electrons. The Morgan fingerprint density at radius 3 is 2.61 bits per heavy atom. The van der Waals surface area contributed by atoms with Gasteiger partial charge in [-0.05, 0) is 51.2 Å². The molecule has 3 atom stereocenters. The average Bonchev–Trinajstić information content (AvgIpc) is 3.43. The monoisotopic (exact) mass is 517 g/mol. The van der Waals surface area contributed by atoms with Gasteiger partial charge in [-0.2, -0.15) is 5.26 Å². The molecule has 0 bridgehead atoms. The molecular formula is C25H29ClFN5O4. The minimum atomic E-state index is -0.879. The Labute approximate surface area is 213 Å². The van der Waals surface area contributed by atoms with Crippen molar-refractivity contribution in [3.63, 3.8) is 0 Å². The van der Waals surface area contributed by atoms with E-state index in [-0.39, 0.29) is 40.3 Å². The molecule has 2 heterocycles. The van der Waals surface area contributed by atoms with Crippen LogP contribution in [-0.2, 0) is 9.59 Å². The number of nitriles is 1. The van der Waals surface area contributed by atoms with E-state index in [9.17, 15) is 24.0 Å². The zero-order chi connectivity index (χ0) is 26.2. The highest BCUT2D eigenvalue weighted by molar-refractivity contribution is 6.35. The van der Waals surface area contributed by atoms with Crippen molar-refractivity contribution in [2.75, 3.05) is 7.11 Å². The van der Waals surface area contributed by atoms with Gasteiger partial charge in [0.15, 0.2) is 11.6 Å². The highest BCUT2D eigenvalue weighted by Gasteiger charge is 2.39. The zero-order valence-electron chi connectivity index (χ0n) is 20.3. The molecule has 4 N–H and O–H groups in total. The summed E-state index contributed by atoms with van der Waals surface area (Å²) >= 11 is 6.13. The van der Waals surface area contributed by atoms with E-state index in [4.69, 9.17) is 16.3 Å². The molecule has 1 aromatic carbocycles. The standard InChI is InChI=1S/C25H29ClFN5O4/c1-25(2)10-13(22(33)32-25)7-14(11-28)29-23(34)18(6-12-4-5-12)31-24(35)19-8-15-20(30-19)16(26)9-17(27)21(15)36-3/h8-9,12-14,18,30H,4-7,10H2,1-3H3,(H,29,34)(H,31,35)(H,32,33). The van der Waals surface area contributed by atoms with Crippen molar-refractivity contribution in [2.24, 2.45) is 11.8 Å². The first-order chi connectivity index (χ1) is 17.0. The normalized spacial score (nSPS) is 20.3. The molecule has 36 heavy (non-hydrogen) atoms. The van der Waals surface area contributed by atoms with Gasteiger partial charge in [0.05, 0.1) is 23.7 Å². The van der Waals surface area contributed by atoms with E-state index in [1.165, 1.54) is 13.2 Å². The number of carbonyl (C=O) groups excluding carboxylic acids is 3. The van der Waals surface area contributed by atoms with Crippen molar-refractivity contribution >= 4 is 40.2 Å². The van der Waals surface area contributed by atoms with Crippen LogP contribution in [0.1, 0.15) is 56.4 Å². The summed E-state index contributed by atoms with van der Waals surface area (Å²) in [5, 5.41) is 18.3. The van der Waals surface area contributed by atoms with Crippen LogP contribution in [0, 0.1) is 29.0 Å². The number of hydrogen-bond acceptors (Lipinski definition) is 5. The Kier molecular flexibility index (Phi) is 7.14. The SMILES string of the molecule is COc1c(F)cc(Cl)c2[nH]c(C(=O)NC(CC3CC3)C(=O)NC(C#N)CC3CC(C)(C)NC3=O)cc12. The van der Waals surface area contributed by atoms with Crippen LogP contribution in [0.25, 0.3) is 10.9 Å². The van der Waals surface area contributed by atoms with Crippen molar-refractivity contribution in [3.05, 3.63) is 28.7 Å². The largest absolute Gasteiger partial charge is 0.493 e. The van der Waals surface area contributed by atoms with Crippen LogP contribution in [-0.4, -0.2) is 47.4 Å². The highest BCUT2D eigenvalue weighted by atomic mass is 35.5. The number of aromatic nitrogens is 1. The number of methoxy groups -OCH3 is 1. The average molecular weight is 518 g/mol. The van der Waals surface area contributed by atoms with Gasteiger partial charge in [-0.25, -0.2) is 4.39 Å². The molecule has 1 aliphatic carbocycles. The van der Waals surface area contributed by atoms with Crippen LogP contribution in [0.15, 0.2) is 12.1 Å². The zero-order valence-corrected chi connectivity index (χ0v) is 21.1. The first-order valence-corrected chi connectivity index (χ1v) is 12.3. The maximum absolute atomic E-state index is 14.2. The topological polar surface area (TPSA) is 136 Å². The highest BCUT2D eigenvalue weighted by Crippen LogP contribution is 2.35. The van der Waals surface area contributed by atoms with Gasteiger partial charge in [0.25, 0.3) is 5.91 Å². The molecular weight excluding hydrogens is 489 g/mol. The second-order valence-corrected chi connectivity index (χ2v) is 10.7. The number of hydrogen-bond donors (Lipinski definition) is 4. The first-order valence-electron chi connectivity index (χ1n) is 11.9. The molecule has 0 spiro atoms. The molecule has 3 unspecified atom stereocenters. The molecule has 1 saturated carbocycles. The maximum Gasteiger partial charge on any atom is 0.268 e. The van der Waals surface area contributed by atoms with Gasteiger partial charge in [-0.1, -0.05) is 24.4 Å². The van der Waals surface area contributed by atoms with Gasteiger partial charge < -0.3 is 25.7 Å². The van der Waals surface area contributed by atoms with Crippen molar-refractivity contribution in [3.8, 4) is 11.8 Å². The fourth-order valence-corrected chi connectivity index (χ4v) is 5.02. The van der Waals surface area contributed by atoms with Crippen LogP contribution in [0.2, 0.25) is 5.02 Å². The summed E-state index contributed by atoms with van der Waals surface area (Å²) in [6.45, 7) is 3.82. The molecule has 11 heteroatoms. The van der Waals surface area contributed by atoms with E-state index in [1.54, 1.807) is 0 Å². The number of ether oxygens (including phenoxy) is 1. The van der Waals surface area contributed by atoms with Crippen molar-refractivity contribution in [2.45, 2.75) is 63.6 Å². The number of amides is 3. The second kappa shape index (κ2) is 9.97. The molecule has 1 aliphatic heterocycles. The number of carbonyl (C=O) groups is 3. The Bertz CT molecular complexity index is 1250. The molecule has 2 aromatic rings. The summed E-state index contributed by atoms with van der Waals surface area (Å²) in [6, 6.07) is 2.82. The Morgan fingerprint density at radius 1 is 1.31 bits per heavy atom. The predicted octanol–water partition coefficient (Wildman–Crippen LogP) is 3.18.